The molecule has 1 N–H and O–H groups in total. The van der Waals surface area contributed by atoms with Crippen molar-refractivity contribution in [3.8, 4) is 0 Å². The number of nitrogens with one attached hydrogen (secondary N) is 1. The quantitative estimate of drug-likeness (QED) is 0.819. The van der Waals surface area contributed by atoms with Gasteiger partial charge in [0, 0.05) is 31.2 Å². The molecule has 0 amide bonds. The molecule has 0 unspecified atom stereocenters. The highest BCUT2D eigenvalue weighted by atomic mass is 15.3. The van der Waals surface area contributed by atoms with Crippen LogP contribution in [0.2, 0.25) is 0 Å². The fourth-order valence-corrected chi connectivity index (χ4v) is 2.26. The third-order valence-electron chi connectivity index (χ3n) is 3.45. The molecule has 2 rings (SSSR count). The zero-order chi connectivity index (χ0) is 11.6. The Hall–Kier alpha value is -0.860. The van der Waals surface area contributed by atoms with Crippen molar-refractivity contribution in [3.05, 3.63) is 35.9 Å². The summed E-state index contributed by atoms with van der Waals surface area (Å²) in [5, 5.41) is 3.55. The van der Waals surface area contributed by atoms with Gasteiger partial charge in [-0.25, -0.2) is 0 Å². The van der Waals surface area contributed by atoms with Crippen LogP contribution in [0.3, 0.4) is 0 Å². The molecule has 0 radical (unpaired) electrons. The molecule has 0 aliphatic carbocycles. The molecule has 0 aromatic heterocycles. The van der Waals surface area contributed by atoms with Gasteiger partial charge in [0.05, 0.1) is 0 Å². The second-order valence-corrected chi connectivity index (χ2v) is 5.46. The molecular formula is C14H22N2. The highest BCUT2D eigenvalue weighted by molar-refractivity contribution is 5.15. The van der Waals surface area contributed by atoms with Crippen LogP contribution in [0.1, 0.15) is 26.3 Å². The van der Waals surface area contributed by atoms with Gasteiger partial charge in [-0.05, 0) is 26.3 Å². The predicted molar refractivity (Wildman–Crippen MR) is 68.4 cm³/mol. The monoisotopic (exact) mass is 218 g/mol. The minimum absolute atomic E-state index is 0.252. The van der Waals surface area contributed by atoms with Gasteiger partial charge in [-0.2, -0.15) is 0 Å². The molecule has 88 valence electrons. The average Bonchev–Trinajstić information content (AvgIpc) is 2.26. The number of benzene rings is 1. The van der Waals surface area contributed by atoms with Crippen molar-refractivity contribution in [2.45, 2.75) is 38.9 Å². The lowest BCUT2D eigenvalue weighted by Gasteiger charge is -2.45. The van der Waals surface area contributed by atoms with E-state index in [2.05, 4.69) is 61.3 Å². The summed E-state index contributed by atoms with van der Waals surface area (Å²) in [6.45, 7) is 10.1. The van der Waals surface area contributed by atoms with E-state index >= 15 is 0 Å². The topological polar surface area (TPSA) is 15.3 Å². The van der Waals surface area contributed by atoms with Gasteiger partial charge in [0.1, 0.15) is 0 Å². The second-order valence-electron chi connectivity index (χ2n) is 5.46. The lowest BCUT2D eigenvalue weighted by atomic mass is 9.97. The smallest absolute Gasteiger partial charge is 0.0281 e. The molecule has 1 aromatic rings. The molecule has 1 aliphatic heterocycles. The average molecular weight is 218 g/mol. The Bertz CT molecular complexity index is 332. The van der Waals surface area contributed by atoms with Crippen molar-refractivity contribution in [2.75, 3.05) is 13.1 Å². The van der Waals surface area contributed by atoms with Crippen LogP contribution in [-0.4, -0.2) is 29.6 Å². The van der Waals surface area contributed by atoms with Gasteiger partial charge in [-0.15, -0.1) is 0 Å². The van der Waals surface area contributed by atoms with Gasteiger partial charge in [0.15, 0.2) is 0 Å². The molecule has 0 spiro atoms. The fourth-order valence-electron chi connectivity index (χ4n) is 2.26. The predicted octanol–water partition coefficient (Wildman–Crippen LogP) is 2.26. The van der Waals surface area contributed by atoms with Gasteiger partial charge in [0.2, 0.25) is 0 Å². The molecular weight excluding hydrogens is 196 g/mol. The highest BCUT2D eigenvalue weighted by Crippen LogP contribution is 2.21. The van der Waals surface area contributed by atoms with Gasteiger partial charge >= 0.3 is 0 Å². The van der Waals surface area contributed by atoms with E-state index in [1.54, 1.807) is 0 Å². The Balaban J connectivity index is 2.07. The number of hydrogen-bond donors (Lipinski definition) is 1. The Morgan fingerprint density at radius 3 is 2.69 bits per heavy atom. The van der Waals surface area contributed by atoms with Gasteiger partial charge in [0.25, 0.3) is 0 Å². The molecule has 1 atom stereocenters. The number of rotatable bonds is 2. The number of piperazine rings is 1. The van der Waals surface area contributed by atoms with Crippen molar-refractivity contribution in [2.24, 2.45) is 0 Å². The maximum atomic E-state index is 3.55. The number of nitrogens with zero attached hydrogens (tertiary/aromatic N) is 1. The first-order chi connectivity index (χ1) is 7.58. The van der Waals surface area contributed by atoms with Gasteiger partial charge in [-0.3, -0.25) is 4.90 Å². The van der Waals surface area contributed by atoms with Crippen molar-refractivity contribution in [1.82, 2.24) is 10.2 Å². The zero-order valence-electron chi connectivity index (χ0n) is 10.5. The van der Waals surface area contributed by atoms with Crippen molar-refractivity contribution < 1.29 is 0 Å². The van der Waals surface area contributed by atoms with Crippen molar-refractivity contribution in [1.29, 1.82) is 0 Å². The van der Waals surface area contributed by atoms with Gasteiger partial charge in [-0.1, -0.05) is 30.3 Å². The maximum absolute atomic E-state index is 3.55. The van der Waals surface area contributed by atoms with E-state index in [1.807, 2.05) is 0 Å². The third kappa shape index (κ3) is 2.63. The van der Waals surface area contributed by atoms with E-state index in [0.717, 1.165) is 19.6 Å². The van der Waals surface area contributed by atoms with Crippen LogP contribution in [-0.2, 0) is 6.54 Å². The molecule has 16 heavy (non-hydrogen) atoms. The van der Waals surface area contributed by atoms with Crippen LogP contribution < -0.4 is 5.32 Å². The normalized spacial score (nSPS) is 25.6. The lowest BCUT2D eigenvalue weighted by Crippen LogP contribution is -2.60. The SMILES string of the molecule is C[C@H]1CN(Cc2ccccc2)C(C)(C)CN1. The van der Waals surface area contributed by atoms with E-state index in [0.29, 0.717) is 6.04 Å². The minimum Gasteiger partial charge on any atom is -0.311 e. The molecule has 1 heterocycles. The van der Waals surface area contributed by atoms with Crippen LogP contribution in [0.15, 0.2) is 30.3 Å². The molecule has 1 aromatic carbocycles. The van der Waals surface area contributed by atoms with Crippen LogP contribution in [0, 0.1) is 0 Å². The molecule has 1 fully saturated rings. The van der Waals surface area contributed by atoms with Crippen molar-refractivity contribution >= 4 is 0 Å². The largest absolute Gasteiger partial charge is 0.311 e. The Morgan fingerprint density at radius 2 is 2.00 bits per heavy atom. The maximum Gasteiger partial charge on any atom is 0.0281 e. The van der Waals surface area contributed by atoms with E-state index in [-0.39, 0.29) is 5.54 Å². The van der Waals surface area contributed by atoms with Crippen LogP contribution >= 0.6 is 0 Å². The molecule has 2 nitrogen and oxygen atoms in total. The van der Waals surface area contributed by atoms with E-state index in [4.69, 9.17) is 0 Å². The van der Waals surface area contributed by atoms with E-state index in [9.17, 15) is 0 Å². The van der Waals surface area contributed by atoms with E-state index < -0.39 is 0 Å². The Morgan fingerprint density at radius 1 is 1.31 bits per heavy atom. The first kappa shape index (κ1) is 11.6. The molecule has 0 bridgehead atoms. The molecule has 0 saturated carbocycles. The zero-order valence-corrected chi connectivity index (χ0v) is 10.5. The lowest BCUT2D eigenvalue weighted by molar-refractivity contribution is 0.0627. The van der Waals surface area contributed by atoms with Crippen LogP contribution in [0.4, 0.5) is 0 Å². The summed E-state index contributed by atoms with van der Waals surface area (Å²) in [4.78, 5) is 2.57. The van der Waals surface area contributed by atoms with Crippen LogP contribution in [0.25, 0.3) is 0 Å². The Kier molecular flexibility index (Phi) is 3.31. The molecule has 1 aliphatic rings. The first-order valence-electron chi connectivity index (χ1n) is 6.10. The third-order valence-corrected chi connectivity index (χ3v) is 3.45. The summed E-state index contributed by atoms with van der Waals surface area (Å²) < 4.78 is 0. The molecule has 2 heteroatoms. The minimum atomic E-state index is 0.252. The Labute approximate surface area is 98.7 Å². The standard InChI is InChI=1S/C14H22N2/c1-12-9-16(14(2,3)11-15-12)10-13-7-5-4-6-8-13/h4-8,12,15H,9-11H2,1-3H3/t12-/m0/s1. The highest BCUT2D eigenvalue weighted by Gasteiger charge is 2.31. The summed E-state index contributed by atoms with van der Waals surface area (Å²) in [5.41, 5.74) is 1.66. The second kappa shape index (κ2) is 4.56. The summed E-state index contributed by atoms with van der Waals surface area (Å²) in [6.07, 6.45) is 0. The van der Waals surface area contributed by atoms with Gasteiger partial charge < -0.3 is 5.32 Å². The van der Waals surface area contributed by atoms with E-state index in [1.165, 1.54) is 5.56 Å². The van der Waals surface area contributed by atoms with Crippen molar-refractivity contribution in [3.63, 3.8) is 0 Å². The fraction of sp³-hybridized carbons (Fsp3) is 0.571. The summed E-state index contributed by atoms with van der Waals surface area (Å²) >= 11 is 0. The van der Waals surface area contributed by atoms with Crippen LogP contribution in [0.5, 0.6) is 0 Å². The first-order valence-corrected chi connectivity index (χ1v) is 6.10. The summed E-state index contributed by atoms with van der Waals surface area (Å²) in [7, 11) is 0. The summed E-state index contributed by atoms with van der Waals surface area (Å²) in [6, 6.07) is 11.3. The summed E-state index contributed by atoms with van der Waals surface area (Å²) in [5.74, 6) is 0. The number of hydrogen-bond acceptors (Lipinski definition) is 2. The molecule has 1 saturated heterocycles.